The minimum absolute atomic E-state index is 0.0581. The number of benzene rings is 2. The van der Waals surface area contributed by atoms with Crippen LogP contribution >= 0.6 is 23.5 Å². The van der Waals surface area contributed by atoms with Crippen molar-refractivity contribution >= 4 is 60.6 Å². The molecule has 278 valence electrons. The van der Waals surface area contributed by atoms with Crippen LogP contribution in [0, 0.1) is 5.92 Å². The van der Waals surface area contributed by atoms with Crippen LogP contribution in [0.3, 0.4) is 0 Å². The monoisotopic (exact) mass is 838 g/mol. The van der Waals surface area contributed by atoms with E-state index in [2.05, 4.69) is 133 Å². The van der Waals surface area contributed by atoms with Crippen LogP contribution in [0.5, 0.6) is 0 Å². The Hall–Kier alpha value is -0.00442. The van der Waals surface area contributed by atoms with Gasteiger partial charge in [-0.1, -0.05) is 0 Å². The molecule has 4 nitrogen and oxygen atoms in total. The van der Waals surface area contributed by atoms with Gasteiger partial charge in [0.2, 0.25) is 0 Å². The maximum absolute atomic E-state index is 7.56. The maximum atomic E-state index is 7.56. The van der Waals surface area contributed by atoms with Gasteiger partial charge in [-0.15, -0.1) is 0 Å². The van der Waals surface area contributed by atoms with E-state index in [1.54, 1.807) is 7.11 Å². The van der Waals surface area contributed by atoms with Crippen molar-refractivity contribution in [3.63, 3.8) is 0 Å². The second kappa shape index (κ2) is 22.3. The Balaban J connectivity index is 2.05. The predicted octanol–water partition coefficient (Wildman–Crippen LogP) is 10.5. The average Bonchev–Trinajstić information content (AvgIpc) is 3.11. The zero-order valence-electron chi connectivity index (χ0n) is 32.4. The summed E-state index contributed by atoms with van der Waals surface area (Å²) in [6, 6.07) is 22.2. The third-order valence-corrected chi connectivity index (χ3v) is 43.3. The van der Waals surface area contributed by atoms with E-state index in [0.29, 0.717) is 28.7 Å². The van der Waals surface area contributed by atoms with Crippen LogP contribution in [0.1, 0.15) is 99.8 Å². The van der Waals surface area contributed by atoms with E-state index in [0.717, 1.165) is 6.42 Å². The molecule has 2 aromatic rings. The van der Waals surface area contributed by atoms with Crippen molar-refractivity contribution < 1.29 is 18.6 Å². The Morgan fingerprint density at radius 1 is 0.796 bits per heavy atom. The summed E-state index contributed by atoms with van der Waals surface area (Å²) in [6.07, 6.45) is 10.6. The summed E-state index contributed by atoms with van der Waals surface area (Å²) in [5.74, 6) is 2.81. The van der Waals surface area contributed by atoms with E-state index >= 15 is 0 Å². The molecule has 1 saturated heterocycles. The van der Waals surface area contributed by atoms with Crippen molar-refractivity contribution in [2.75, 3.05) is 45.2 Å². The standard InChI is InChI=1S/C29H43O4S2Si.3C4H9.Sn/c1-24(27(32-23-31-18-17-30-5)21-28-34-19-12-20-35-28)22-33-36(29(2,3)4,25-13-8-6-9-14-25)26-15-10-7-11-16-26;3*1-3-4-2;/h6-11,13-16,24,27H,12,17-23H2,1-5H3;3*1,3-4H2,2H3;/t24-,27+;;;;/m1..../s1. The number of thioether (sulfide) groups is 2. The minimum atomic E-state index is -2.75. The molecule has 0 amide bonds. The molecule has 0 saturated carbocycles. The first kappa shape index (κ1) is 43.4. The van der Waals surface area contributed by atoms with E-state index in [-0.39, 0.29) is 17.1 Å². The first-order valence-electron chi connectivity index (χ1n) is 19.4. The van der Waals surface area contributed by atoms with Crippen LogP contribution in [-0.4, -0.2) is 80.1 Å². The molecular formula is C41H70O4S2SiSn. The number of unbranched alkanes of at least 4 members (excludes halogenated alkanes) is 3. The fourth-order valence-electron chi connectivity index (χ4n) is 7.86. The van der Waals surface area contributed by atoms with E-state index in [1.165, 1.54) is 80.1 Å². The molecule has 3 rings (SSSR count). The van der Waals surface area contributed by atoms with Crippen LogP contribution in [0.4, 0.5) is 0 Å². The van der Waals surface area contributed by atoms with Crippen LogP contribution in [-0.2, 0) is 18.6 Å². The van der Waals surface area contributed by atoms with Crippen LogP contribution in [0.25, 0.3) is 0 Å². The molecule has 0 spiro atoms. The van der Waals surface area contributed by atoms with Crippen molar-refractivity contribution in [3.8, 4) is 0 Å². The van der Waals surface area contributed by atoms with Crippen molar-refractivity contribution in [2.45, 2.75) is 126 Å². The molecule has 0 unspecified atom stereocenters. The van der Waals surface area contributed by atoms with Gasteiger partial charge in [-0.2, -0.15) is 0 Å². The van der Waals surface area contributed by atoms with Gasteiger partial charge in [-0.05, 0) is 0 Å². The third kappa shape index (κ3) is 11.7. The summed E-state index contributed by atoms with van der Waals surface area (Å²) in [4.78, 5) is 0. The Morgan fingerprint density at radius 3 is 1.76 bits per heavy atom. The molecular weight excluding hydrogens is 767 g/mol. The van der Waals surface area contributed by atoms with Gasteiger partial charge in [-0.25, -0.2) is 0 Å². The van der Waals surface area contributed by atoms with E-state index in [9.17, 15) is 0 Å². The molecule has 1 fully saturated rings. The molecule has 2 aromatic carbocycles. The van der Waals surface area contributed by atoms with E-state index < -0.39 is 26.7 Å². The average molecular weight is 838 g/mol. The Kier molecular flexibility index (Phi) is 19.7. The molecule has 8 heteroatoms. The topological polar surface area (TPSA) is 36.9 Å². The molecule has 0 bridgehead atoms. The molecule has 1 heterocycles. The second-order valence-corrected chi connectivity index (χ2v) is 38.7. The summed E-state index contributed by atoms with van der Waals surface area (Å²) in [7, 11) is -0.938. The second-order valence-electron chi connectivity index (χ2n) is 15.3. The normalized spacial score (nSPS) is 16.8. The van der Waals surface area contributed by atoms with Gasteiger partial charge in [0.15, 0.2) is 0 Å². The molecule has 1 aliphatic rings. The molecule has 0 N–H and O–H groups in total. The number of rotatable bonds is 24. The van der Waals surface area contributed by atoms with Crippen molar-refractivity contribution in [3.05, 3.63) is 60.7 Å². The summed E-state index contributed by atoms with van der Waals surface area (Å²) in [5.41, 5.74) is 0. The SMILES string of the molecule is CCC[CH2][Sn]([CH2]CCC)([CH2]CCC)[C]1(C[C@H](OCOCCOC)[C@H](C)CO[Si](c2ccccc2)(c2ccccc2)C(C)(C)C)SCCCS1. The number of methoxy groups -OCH3 is 1. The number of hydrogen-bond acceptors (Lipinski definition) is 6. The molecule has 0 radical (unpaired) electrons. The first-order chi connectivity index (χ1) is 23.6. The zero-order chi connectivity index (χ0) is 35.6. The quantitative estimate of drug-likeness (QED) is 0.0596. The predicted molar refractivity (Wildman–Crippen MR) is 222 cm³/mol. The Bertz CT molecular complexity index is 1080. The molecule has 49 heavy (non-hydrogen) atoms. The van der Waals surface area contributed by atoms with Gasteiger partial charge < -0.3 is 0 Å². The Labute approximate surface area is 315 Å². The summed E-state index contributed by atoms with van der Waals surface area (Å²) >= 11 is 1.99. The van der Waals surface area contributed by atoms with Gasteiger partial charge in [0, 0.05) is 0 Å². The van der Waals surface area contributed by atoms with Crippen LogP contribution in [0.2, 0.25) is 18.3 Å². The summed E-state index contributed by atoms with van der Waals surface area (Å²) in [6.45, 7) is 18.8. The van der Waals surface area contributed by atoms with Gasteiger partial charge in [0.05, 0.1) is 0 Å². The van der Waals surface area contributed by atoms with Crippen LogP contribution < -0.4 is 10.4 Å². The third-order valence-electron chi connectivity index (χ3n) is 10.7. The first-order valence-corrected chi connectivity index (χ1v) is 30.7. The van der Waals surface area contributed by atoms with E-state index in [1.807, 2.05) is 0 Å². The van der Waals surface area contributed by atoms with Crippen molar-refractivity contribution in [2.24, 2.45) is 5.92 Å². The van der Waals surface area contributed by atoms with Gasteiger partial charge in [-0.3, -0.25) is 0 Å². The van der Waals surface area contributed by atoms with Crippen LogP contribution in [0.15, 0.2) is 60.7 Å². The molecule has 2 atom stereocenters. The number of hydrogen-bond donors (Lipinski definition) is 0. The molecule has 1 aliphatic heterocycles. The molecule has 0 aliphatic carbocycles. The fourth-order valence-corrected chi connectivity index (χ4v) is 43.1. The van der Waals surface area contributed by atoms with Gasteiger partial charge >= 0.3 is 317 Å². The summed E-state index contributed by atoms with van der Waals surface area (Å²) in [5, 5.41) is 2.62. The molecule has 0 aromatic heterocycles. The van der Waals surface area contributed by atoms with Gasteiger partial charge in [0.25, 0.3) is 0 Å². The fraction of sp³-hybridized carbons (Fsp3) is 0.707. The summed E-state index contributed by atoms with van der Waals surface area (Å²) < 4.78 is 30.7. The Morgan fingerprint density at radius 2 is 1.31 bits per heavy atom. The zero-order valence-corrected chi connectivity index (χ0v) is 37.9. The van der Waals surface area contributed by atoms with E-state index in [4.69, 9.17) is 18.6 Å². The number of ether oxygens (including phenoxy) is 3. The van der Waals surface area contributed by atoms with Crippen molar-refractivity contribution in [1.29, 1.82) is 0 Å². The van der Waals surface area contributed by atoms with Gasteiger partial charge in [0.1, 0.15) is 0 Å². The van der Waals surface area contributed by atoms with Crippen molar-refractivity contribution in [1.82, 2.24) is 0 Å².